The van der Waals surface area contributed by atoms with Crippen LogP contribution in [0.4, 0.5) is 10.5 Å². The van der Waals surface area contributed by atoms with E-state index in [0.29, 0.717) is 56.0 Å². The number of para-hydroxylation sites is 1. The zero-order valence-electron chi connectivity index (χ0n) is 39.1. The van der Waals surface area contributed by atoms with Crippen LogP contribution >= 0.6 is 15.9 Å². The van der Waals surface area contributed by atoms with Crippen LogP contribution in [0.15, 0.2) is 71.2 Å². The van der Waals surface area contributed by atoms with Gasteiger partial charge in [0.05, 0.1) is 51.9 Å². The summed E-state index contributed by atoms with van der Waals surface area (Å²) in [7, 11) is -0.662. The molecule has 0 spiro atoms. The molecule has 1 aliphatic rings. The van der Waals surface area contributed by atoms with E-state index in [1.807, 2.05) is 101 Å². The molecule has 0 aromatic heterocycles. The van der Waals surface area contributed by atoms with Crippen molar-refractivity contribution in [1.29, 1.82) is 0 Å². The largest absolute Gasteiger partial charge is 0.496 e. The first kappa shape index (κ1) is 50.2. The number of halogens is 1. The molecule has 3 aromatic rings. The van der Waals surface area contributed by atoms with E-state index in [2.05, 4.69) is 69.6 Å². The van der Waals surface area contributed by atoms with Gasteiger partial charge in [-0.15, -0.1) is 0 Å². The summed E-state index contributed by atoms with van der Waals surface area (Å²) in [6, 6.07) is 22.1. The third-order valence-electron chi connectivity index (χ3n) is 11.6. The molecule has 0 N–H and O–H groups in total. The van der Waals surface area contributed by atoms with Crippen molar-refractivity contribution in [2.24, 2.45) is 5.92 Å². The van der Waals surface area contributed by atoms with E-state index in [0.717, 1.165) is 44.8 Å². The first-order chi connectivity index (χ1) is 28.8. The maximum atomic E-state index is 14.1. The molecule has 2 amide bonds. The third kappa shape index (κ3) is 13.5. The monoisotopic (exact) mass is 924 g/mol. The van der Waals surface area contributed by atoms with Gasteiger partial charge in [-0.1, -0.05) is 91.8 Å². The van der Waals surface area contributed by atoms with E-state index >= 15 is 0 Å². The van der Waals surface area contributed by atoms with Crippen LogP contribution in [0.3, 0.4) is 0 Å². The van der Waals surface area contributed by atoms with Gasteiger partial charge in [-0.25, -0.2) is 4.79 Å². The normalized spacial score (nSPS) is 16.7. The van der Waals surface area contributed by atoms with E-state index < -0.39 is 20.1 Å². The molecular formula is C49H73BrN2O8Si. The molecule has 1 fully saturated rings. The minimum Gasteiger partial charge on any atom is -0.496 e. The zero-order valence-corrected chi connectivity index (χ0v) is 41.7. The van der Waals surface area contributed by atoms with Crippen LogP contribution < -0.4 is 14.4 Å². The number of anilines is 1. The highest BCUT2D eigenvalue weighted by Gasteiger charge is 2.47. The van der Waals surface area contributed by atoms with Gasteiger partial charge < -0.3 is 33.0 Å². The molecule has 4 rings (SSSR count). The fourth-order valence-corrected chi connectivity index (χ4v) is 14.6. The predicted molar refractivity (Wildman–Crippen MR) is 251 cm³/mol. The van der Waals surface area contributed by atoms with Crippen molar-refractivity contribution in [3.05, 3.63) is 87.9 Å². The Morgan fingerprint density at radius 1 is 0.869 bits per heavy atom. The van der Waals surface area contributed by atoms with Crippen molar-refractivity contribution in [3.8, 4) is 11.5 Å². The lowest BCUT2D eigenvalue weighted by molar-refractivity contribution is -0.123. The third-order valence-corrected chi connectivity index (χ3v) is 18.4. The molecule has 10 nitrogen and oxygen atoms in total. The smallest absolute Gasteiger partial charge is 0.410 e. The topological polar surface area (TPSA) is 96.0 Å². The fraction of sp³-hybridized carbons (Fsp3) is 0.592. The number of benzene rings is 3. The number of methoxy groups -OCH3 is 1. The highest BCUT2D eigenvalue weighted by molar-refractivity contribution is 9.10. The average molecular weight is 926 g/mol. The number of hydrogen-bond acceptors (Lipinski definition) is 8. The molecule has 1 saturated heterocycles. The summed E-state index contributed by atoms with van der Waals surface area (Å²) in [6.45, 7) is 27.9. The number of nitrogens with zero attached hydrogens (tertiary/aromatic N) is 2. The maximum Gasteiger partial charge on any atom is 0.410 e. The Bertz CT molecular complexity index is 1820. The Hall–Kier alpha value is -3.42. The van der Waals surface area contributed by atoms with Gasteiger partial charge in [0.25, 0.3) is 0 Å². The van der Waals surface area contributed by atoms with Crippen LogP contribution in [0.1, 0.15) is 119 Å². The Balaban J connectivity index is 1.51. The molecule has 3 unspecified atom stereocenters. The van der Waals surface area contributed by atoms with Crippen LogP contribution in [0.25, 0.3) is 0 Å². The Kier molecular flexibility index (Phi) is 18.8. The van der Waals surface area contributed by atoms with Gasteiger partial charge in [-0.2, -0.15) is 0 Å². The molecule has 0 radical (unpaired) electrons. The second kappa shape index (κ2) is 22.8. The SMILES string of the molecule is COc1ccccc1COCCCOc1ccc(C2CCN(C(=O)OC(C)(C)C)CC2OCc2ccc(Br)c(N(C(=O)C(C)C)C(C)O[Si](C(C)C)(C(C)C)C(C)C)c2)cc1. The number of carbonyl (C=O) groups is 2. The Labute approximate surface area is 376 Å². The number of hydrogen-bond donors (Lipinski definition) is 0. The number of rotatable bonds is 20. The lowest BCUT2D eigenvalue weighted by atomic mass is 9.87. The van der Waals surface area contributed by atoms with Crippen molar-refractivity contribution in [1.82, 2.24) is 4.90 Å². The predicted octanol–water partition coefficient (Wildman–Crippen LogP) is 12.3. The Morgan fingerprint density at radius 2 is 1.52 bits per heavy atom. The van der Waals surface area contributed by atoms with Crippen LogP contribution in [0, 0.1) is 5.92 Å². The second-order valence-electron chi connectivity index (χ2n) is 18.5. The fourth-order valence-electron chi connectivity index (χ4n) is 8.69. The standard InChI is InChI=1S/C49H73BrN2O8Si/c1-33(2)47(53)52(37(9)60-61(34(3)4,35(5)6)36(7)8)44-29-38(19-24-43(44)50)31-58-46-30-51(48(54)59-49(10,11)12)26-25-42(46)39-20-22-41(23-21-39)57-28-16-27-56-32-40-17-14-15-18-45(40)55-13/h14-15,17-24,29,33-37,42,46H,16,25-28,30-32H2,1-13H3. The summed E-state index contributed by atoms with van der Waals surface area (Å²) >= 11 is 3.79. The van der Waals surface area contributed by atoms with Crippen molar-refractivity contribution in [2.75, 3.05) is 38.3 Å². The molecular weight excluding hydrogens is 853 g/mol. The van der Waals surface area contributed by atoms with Gasteiger partial charge in [-0.05, 0) is 108 Å². The minimum absolute atomic E-state index is 0.00403. The van der Waals surface area contributed by atoms with Crippen molar-refractivity contribution in [3.63, 3.8) is 0 Å². The molecule has 1 heterocycles. The molecule has 0 aliphatic carbocycles. The van der Waals surface area contributed by atoms with Gasteiger partial charge in [0.1, 0.15) is 23.3 Å². The van der Waals surface area contributed by atoms with Crippen LogP contribution in [-0.2, 0) is 36.6 Å². The van der Waals surface area contributed by atoms with Gasteiger partial charge in [0.2, 0.25) is 14.2 Å². The van der Waals surface area contributed by atoms with Crippen LogP contribution in [0.5, 0.6) is 11.5 Å². The van der Waals surface area contributed by atoms with Crippen LogP contribution in [-0.4, -0.2) is 76.6 Å². The number of carbonyl (C=O) groups excluding carboxylic acids is 2. The number of piperidine rings is 1. The molecule has 1 aliphatic heterocycles. The molecule has 61 heavy (non-hydrogen) atoms. The van der Waals surface area contributed by atoms with Crippen molar-refractivity contribution in [2.45, 2.75) is 150 Å². The molecule has 0 bridgehead atoms. The highest BCUT2D eigenvalue weighted by atomic mass is 79.9. The first-order valence-corrected chi connectivity index (χ1v) is 25.0. The minimum atomic E-state index is -2.33. The number of amides is 2. The van der Waals surface area contributed by atoms with E-state index in [1.165, 1.54) is 0 Å². The number of likely N-dealkylation sites (tertiary alicyclic amines) is 1. The molecule has 0 saturated carbocycles. The summed E-state index contributed by atoms with van der Waals surface area (Å²) in [5.41, 5.74) is 4.28. The first-order valence-electron chi connectivity index (χ1n) is 22.1. The quantitative estimate of drug-likeness (QED) is 0.0628. The second-order valence-corrected chi connectivity index (χ2v) is 24.8. The van der Waals surface area contributed by atoms with Gasteiger partial charge in [0, 0.05) is 34.8 Å². The van der Waals surface area contributed by atoms with Crippen LogP contribution in [0.2, 0.25) is 16.6 Å². The lowest BCUT2D eigenvalue weighted by Crippen LogP contribution is -2.55. The molecule has 3 aromatic carbocycles. The number of ether oxygens (including phenoxy) is 5. The van der Waals surface area contributed by atoms with Gasteiger partial charge in [-0.3, -0.25) is 9.69 Å². The van der Waals surface area contributed by atoms with Gasteiger partial charge >= 0.3 is 6.09 Å². The summed E-state index contributed by atoms with van der Waals surface area (Å²) in [5, 5.41) is 0. The summed E-state index contributed by atoms with van der Waals surface area (Å²) in [6.07, 6.45) is 0.320. The van der Waals surface area contributed by atoms with E-state index in [1.54, 1.807) is 12.0 Å². The zero-order chi connectivity index (χ0) is 45.1. The summed E-state index contributed by atoms with van der Waals surface area (Å²) in [4.78, 5) is 31.0. The Morgan fingerprint density at radius 3 is 2.13 bits per heavy atom. The van der Waals surface area contributed by atoms with E-state index in [-0.39, 0.29) is 36.5 Å². The maximum absolute atomic E-state index is 14.1. The molecule has 3 atom stereocenters. The molecule has 12 heteroatoms. The highest BCUT2D eigenvalue weighted by Crippen LogP contribution is 2.44. The van der Waals surface area contributed by atoms with Crippen molar-refractivity contribution < 1.29 is 37.7 Å². The molecule has 338 valence electrons. The summed E-state index contributed by atoms with van der Waals surface area (Å²) < 4.78 is 38.0. The average Bonchev–Trinajstić information content (AvgIpc) is 3.20. The van der Waals surface area contributed by atoms with E-state index in [9.17, 15) is 9.59 Å². The lowest BCUT2D eigenvalue weighted by Gasteiger charge is -2.46. The van der Waals surface area contributed by atoms with E-state index in [4.69, 9.17) is 28.1 Å². The van der Waals surface area contributed by atoms with Gasteiger partial charge in [0.15, 0.2) is 0 Å². The summed E-state index contributed by atoms with van der Waals surface area (Å²) in [5.74, 6) is 1.39. The van der Waals surface area contributed by atoms with Crippen molar-refractivity contribution >= 4 is 41.9 Å².